The molecule has 0 aliphatic carbocycles. The number of nitrogens with one attached hydrogen (secondary N) is 4. The predicted molar refractivity (Wildman–Crippen MR) is 136 cm³/mol. The SMILES string of the molecule is Cc1cc(C)c(-c2cc3[nH]c2=Cc2ccc([nH]2)C=c2ccc([nH]2)=Cc2ccc([nH]2)C=3)c(C)c1. The van der Waals surface area contributed by atoms with Crippen molar-refractivity contribution in [3.8, 4) is 11.1 Å². The van der Waals surface area contributed by atoms with Crippen LogP contribution in [0.2, 0.25) is 0 Å². The van der Waals surface area contributed by atoms with Gasteiger partial charge in [0.1, 0.15) is 0 Å². The Kier molecular flexibility index (Phi) is 4.40. The summed E-state index contributed by atoms with van der Waals surface area (Å²) in [6, 6.07) is 19.4. The molecule has 0 saturated heterocycles. The summed E-state index contributed by atoms with van der Waals surface area (Å²) in [5.74, 6) is 0. The highest BCUT2D eigenvalue weighted by Crippen LogP contribution is 2.25. The molecule has 4 N–H and O–H groups in total. The molecule has 0 saturated carbocycles. The Labute approximate surface area is 191 Å². The lowest BCUT2D eigenvalue weighted by molar-refractivity contribution is 1.23. The van der Waals surface area contributed by atoms with Crippen LogP contribution in [0.15, 0.2) is 54.6 Å². The van der Waals surface area contributed by atoms with E-state index in [9.17, 15) is 0 Å². The molecular formula is C29H26N4. The van der Waals surface area contributed by atoms with Crippen LogP contribution in [0.25, 0.3) is 35.4 Å². The Morgan fingerprint density at radius 1 is 0.485 bits per heavy atom. The summed E-state index contributed by atoms with van der Waals surface area (Å²) in [6.45, 7) is 6.55. The van der Waals surface area contributed by atoms with Crippen LogP contribution in [0.5, 0.6) is 0 Å². The molecule has 1 aliphatic heterocycles. The van der Waals surface area contributed by atoms with Crippen LogP contribution in [0.1, 0.15) is 39.5 Å². The predicted octanol–water partition coefficient (Wildman–Crippen LogP) is 3.22. The Hall–Kier alpha value is -4.18. The second-order valence-electron chi connectivity index (χ2n) is 9.01. The van der Waals surface area contributed by atoms with E-state index >= 15 is 0 Å². The van der Waals surface area contributed by atoms with E-state index in [1.165, 1.54) is 27.8 Å². The van der Waals surface area contributed by atoms with E-state index in [0.29, 0.717) is 0 Å². The molecule has 162 valence electrons. The highest BCUT2D eigenvalue weighted by atomic mass is 14.8. The number of aromatic nitrogens is 4. The van der Waals surface area contributed by atoms with Crippen LogP contribution in [-0.4, -0.2) is 19.9 Å². The lowest BCUT2D eigenvalue weighted by Gasteiger charge is -2.10. The topological polar surface area (TPSA) is 63.2 Å². The standard InChI is InChI=1S/C29H26N4/c1-17-10-18(2)29(19(3)11-17)27-15-26-14-24-7-6-22(31-24)12-20-4-5-21(30-20)13-23-8-9-25(32-23)16-28(27)33-26/h4-16,30-33H,1-3H3. The number of fused-ring (bicyclic) bond motifs is 8. The van der Waals surface area contributed by atoms with Crippen LogP contribution < -0.4 is 21.4 Å². The van der Waals surface area contributed by atoms with Crippen LogP contribution in [0.4, 0.5) is 0 Å². The first-order chi connectivity index (χ1) is 16.0. The third-order valence-corrected chi connectivity index (χ3v) is 6.24. The molecule has 5 heterocycles. The van der Waals surface area contributed by atoms with Crippen molar-refractivity contribution in [1.82, 2.24) is 19.9 Å². The van der Waals surface area contributed by atoms with E-state index in [1.807, 2.05) is 0 Å². The van der Waals surface area contributed by atoms with Gasteiger partial charge in [-0.25, -0.2) is 0 Å². The van der Waals surface area contributed by atoms with Crippen molar-refractivity contribution in [2.24, 2.45) is 0 Å². The van der Waals surface area contributed by atoms with E-state index in [0.717, 1.165) is 44.2 Å². The molecule has 1 aliphatic rings. The second kappa shape index (κ2) is 7.45. The van der Waals surface area contributed by atoms with Gasteiger partial charge in [0, 0.05) is 49.7 Å². The average molecular weight is 431 g/mol. The summed E-state index contributed by atoms with van der Waals surface area (Å²) in [6.07, 6.45) is 8.61. The molecule has 0 radical (unpaired) electrons. The van der Waals surface area contributed by atoms with Crippen molar-refractivity contribution in [2.75, 3.05) is 0 Å². The van der Waals surface area contributed by atoms with Crippen molar-refractivity contribution in [2.45, 2.75) is 20.8 Å². The van der Waals surface area contributed by atoms with E-state index < -0.39 is 0 Å². The maximum Gasteiger partial charge on any atom is 0.0485 e. The van der Waals surface area contributed by atoms with Crippen molar-refractivity contribution < 1.29 is 0 Å². The van der Waals surface area contributed by atoms with Crippen LogP contribution in [-0.2, 0) is 0 Å². The van der Waals surface area contributed by atoms with Gasteiger partial charge in [0.25, 0.3) is 0 Å². The molecule has 1 aromatic carbocycles. The number of benzene rings is 1. The minimum absolute atomic E-state index is 1.06. The molecule has 6 rings (SSSR count). The van der Waals surface area contributed by atoms with Crippen LogP contribution in [0, 0.1) is 20.8 Å². The fourth-order valence-electron chi connectivity index (χ4n) is 4.95. The van der Waals surface area contributed by atoms with Gasteiger partial charge in [-0.2, -0.15) is 0 Å². The summed E-state index contributed by atoms with van der Waals surface area (Å²) in [5.41, 5.74) is 10.6. The molecule has 0 spiro atoms. The molecule has 8 bridgehead atoms. The third-order valence-electron chi connectivity index (χ3n) is 6.24. The lowest BCUT2D eigenvalue weighted by Crippen LogP contribution is -2.12. The van der Waals surface area contributed by atoms with E-state index in [2.05, 4.69) is 120 Å². The molecule has 33 heavy (non-hydrogen) atoms. The fourth-order valence-corrected chi connectivity index (χ4v) is 4.95. The van der Waals surface area contributed by atoms with Gasteiger partial charge in [0.15, 0.2) is 0 Å². The van der Waals surface area contributed by atoms with Crippen molar-refractivity contribution in [3.05, 3.63) is 115 Å². The van der Waals surface area contributed by atoms with Gasteiger partial charge < -0.3 is 19.9 Å². The first kappa shape index (κ1) is 19.5. The normalized spacial score (nSPS) is 12.5. The smallest absolute Gasteiger partial charge is 0.0485 e. The number of rotatable bonds is 1. The zero-order valence-electron chi connectivity index (χ0n) is 19.0. The van der Waals surface area contributed by atoms with E-state index in [-0.39, 0.29) is 0 Å². The Morgan fingerprint density at radius 2 is 1.00 bits per heavy atom. The molecular weight excluding hydrogens is 404 g/mol. The summed E-state index contributed by atoms with van der Waals surface area (Å²) in [7, 11) is 0. The highest BCUT2D eigenvalue weighted by molar-refractivity contribution is 5.74. The van der Waals surface area contributed by atoms with Gasteiger partial charge in [0.2, 0.25) is 0 Å². The largest absolute Gasteiger partial charge is 0.355 e. The molecule has 0 unspecified atom stereocenters. The van der Waals surface area contributed by atoms with Gasteiger partial charge in [-0.05, 0) is 104 Å². The summed E-state index contributed by atoms with van der Waals surface area (Å²) >= 11 is 0. The molecule has 0 fully saturated rings. The van der Waals surface area contributed by atoms with E-state index in [1.54, 1.807) is 0 Å². The molecule has 5 aromatic rings. The van der Waals surface area contributed by atoms with Gasteiger partial charge in [-0.1, -0.05) is 17.7 Å². The minimum atomic E-state index is 1.06. The summed E-state index contributed by atoms with van der Waals surface area (Å²) < 4.78 is 0. The molecule has 0 atom stereocenters. The Bertz CT molecular complexity index is 1720. The van der Waals surface area contributed by atoms with Crippen molar-refractivity contribution in [1.29, 1.82) is 0 Å². The van der Waals surface area contributed by atoms with Gasteiger partial charge in [0.05, 0.1) is 0 Å². The van der Waals surface area contributed by atoms with Gasteiger partial charge in [-0.3, -0.25) is 0 Å². The summed E-state index contributed by atoms with van der Waals surface area (Å²) in [5, 5.41) is 4.29. The van der Waals surface area contributed by atoms with Crippen LogP contribution in [0.3, 0.4) is 0 Å². The number of aryl methyl sites for hydroxylation is 3. The lowest BCUT2D eigenvalue weighted by atomic mass is 9.94. The minimum Gasteiger partial charge on any atom is -0.355 e. The van der Waals surface area contributed by atoms with Crippen LogP contribution >= 0.6 is 0 Å². The number of hydrogen-bond donors (Lipinski definition) is 4. The van der Waals surface area contributed by atoms with Gasteiger partial charge in [-0.15, -0.1) is 0 Å². The van der Waals surface area contributed by atoms with E-state index in [4.69, 9.17) is 0 Å². The Balaban J connectivity index is 1.65. The van der Waals surface area contributed by atoms with Gasteiger partial charge >= 0.3 is 0 Å². The average Bonchev–Trinajstić information content (AvgIpc) is 3.53. The number of H-pyrrole nitrogens is 4. The second-order valence-corrected chi connectivity index (χ2v) is 9.01. The number of aromatic amines is 4. The highest BCUT2D eigenvalue weighted by Gasteiger charge is 2.10. The molecule has 4 heteroatoms. The van der Waals surface area contributed by atoms with Crippen molar-refractivity contribution in [3.63, 3.8) is 0 Å². The third kappa shape index (κ3) is 3.70. The maximum atomic E-state index is 3.65. The maximum absolute atomic E-state index is 3.65. The molecule has 4 aromatic heterocycles. The number of hydrogen-bond acceptors (Lipinski definition) is 0. The first-order valence-corrected chi connectivity index (χ1v) is 11.3. The molecule has 4 nitrogen and oxygen atoms in total. The zero-order valence-corrected chi connectivity index (χ0v) is 19.0. The first-order valence-electron chi connectivity index (χ1n) is 11.3. The molecule has 0 amide bonds. The summed E-state index contributed by atoms with van der Waals surface area (Å²) in [4.78, 5) is 14.2. The monoisotopic (exact) mass is 430 g/mol. The zero-order chi connectivity index (χ0) is 22.5. The Morgan fingerprint density at radius 3 is 1.58 bits per heavy atom. The fraction of sp³-hybridized carbons (Fsp3) is 0.103. The van der Waals surface area contributed by atoms with Crippen molar-refractivity contribution >= 4 is 24.3 Å². The quantitative estimate of drug-likeness (QED) is 0.310.